The minimum Gasteiger partial charge on any atom is -0.380 e. The fraction of sp³-hybridized carbons (Fsp3) is 1.00. The topological polar surface area (TPSA) is 47.7 Å². The van der Waals surface area contributed by atoms with Crippen LogP contribution in [0.5, 0.6) is 0 Å². The zero-order valence-corrected chi connectivity index (χ0v) is 10.4. The van der Waals surface area contributed by atoms with Crippen molar-refractivity contribution in [2.75, 3.05) is 33.4 Å². The predicted molar refractivity (Wildman–Crippen MR) is 63.4 cm³/mol. The molecule has 3 unspecified atom stereocenters. The quantitative estimate of drug-likeness (QED) is 0.768. The van der Waals surface area contributed by atoms with Gasteiger partial charge in [0.15, 0.2) is 0 Å². The molecule has 2 fully saturated rings. The molecule has 2 aliphatic heterocycles. The molecule has 4 heteroatoms. The first-order valence-corrected chi connectivity index (χ1v) is 6.32. The monoisotopic (exact) mass is 228 g/mol. The first kappa shape index (κ1) is 12.3. The second-order valence-electron chi connectivity index (χ2n) is 5.02. The van der Waals surface area contributed by atoms with Crippen LogP contribution in [0, 0.1) is 0 Å². The highest BCUT2D eigenvalue weighted by molar-refractivity contribution is 5.02. The summed E-state index contributed by atoms with van der Waals surface area (Å²) in [5.41, 5.74) is 6.07. The van der Waals surface area contributed by atoms with Crippen molar-refractivity contribution in [2.45, 2.75) is 43.9 Å². The molecular formula is C12H24N2O2. The van der Waals surface area contributed by atoms with Crippen LogP contribution in [-0.2, 0) is 9.47 Å². The zero-order valence-electron chi connectivity index (χ0n) is 10.4. The van der Waals surface area contributed by atoms with Crippen LogP contribution in [0.4, 0.5) is 0 Å². The van der Waals surface area contributed by atoms with Crippen LogP contribution < -0.4 is 5.73 Å². The average Bonchev–Trinajstić information content (AvgIpc) is 2.71. The van der Waals surface area contributed by atoms with E-state index in [1.807, 2.05) is 0 Å². The van der Waals surface area contributed by atoms with Gasteiger partial charge in [-0.05, 0) is 32.7 Å². The molecule has 0 radical (unpaired) electrons. The number of hydrogen-bond acceptors (Lipinski definition) is 4. The van der Waals surface area contributed by atoms with Crippen LogP contribution in [0.2, 0.25) is 0 Å². The summed E-state index contributed by atoms with van der Waals surface area (Å²) in [6.07, 6.45) is 4.04. The molecule has 0 bridgehead atoms. The largest absolute Gasteiger partial charge is 0.380 e. The van der Waals surface area contributed by atoms with Crippen LogP contribution in [0.1, 0.15) is 26.2 Å². The Balaban J connectivity index is 2.08. The molecule has 2 saturated heterocycles. The minimum atomic E-state index is 0.0528. The molecule has 16 heavy (non-hydrogen) atoms. The highest BCUT2D eigenvalue weighted by atomic mass is 16.5. The molecule has 94 valence electrons. The van der Waals surface area contributed by atoms with Crippen molar-refractivity contribution >= 4 is 0 Å². The summed E-state index contributed by atoms with van der Waals surface area (Å²) in [6.45, 7) is 5.81. The van der Waals surface area contributed by atoms with Crippen molar-refractivity contribution in [3.63, 3.8) is 0 Å². The normalized spacial score (nSPS) is 41.4. The molecule has 4 nitrogen and oxygen atoms in total. The van der Waals surface area contributed by atoms with Gasteiger partial charge in [-0.15, -0.1) is 0 Å². The summed E-state index contributed by atoms with van der Waals surface area (Å²) >= 11 is 0. The maximum absolute atomic E-state index is 6.01. The number of piperidine rings is 1. The van der Waals surface area contributed by atoms with Gasteiger partial charge in [-0.3, -0.25) is 4.90 Å². The molecule has 0 aliphatic carbocycles. The van der Waals surface area contributed by atoms with Gasteiger partial charge in [0, 0.05) is 26.8 Å². The minimum absolute atomic E-state index is 0.0528. The van der Waals surface area contributed by atoms with Gasteiger partial charge in [0.05, 0.1) is 17.7 Å². The summed E-state index contributed by atoms with van der Waals surface area (Å²) in [5, 5.41) is 0. The van der Waals surface area contributed by atoms with Gasteiger partial charge in [-0.1, -0.05) is 0 Å². The van der Waals surface area contributed by atoms with Crippen molar-refractivity contribution in [3.05, 3.63) is 0 Å². The number of methoxy groups -OCH3 is 1. The molecule has 0 aromatic carbocycles. The predicted octanol–water partition coefficient (Wildman–Crippen LogP) is 0.604. The van der Waals surface area contributed by atoms with Gasteiger partial charge in [0.1, 0.15) is 0 Å². The summed E-state index contributed by atoms with van der Waals surface area (Å²) in [7, 11) is 1.80. The van der Waals surface area contributed by atoms with E-state index in [0.29, 0.717) is 12.6 Å². The van der Waals surface area contributed by atoms with Gasteiger partial charge in [0.25, 0.3) is 0 Å². The van der Waals surface area contributed by atoms with E-state index >= 15 is 0 Å². The average molecular weight is 228 g/mol. The van der Waals surface area contributed by atoms with Crippen molar-refractivity contribution in [1.82, 2.24) is 4.90 Å². The van der Waals surface area contributed by atoms with E-state index < -0.39 is 0 Å². The second-order valence-corrected chi connectivity index (χ2v) is 5.02. The van der Waals surface area contributed by atoms with Crippen LogP contribution in [0.25, 0.3) is 0 Å². The highest BCUT2D eigenvalue weighted by Gasteiger charge is 2.46. The van der Waals surface area contributed by atoms with Gasteiger partial charge in [-0.2, -0.15) is 0 Å². The SMILES string of the molecule is COC1CCCN(C2(CN)CCOC2C)C1. The molecular weight excluding hydrogens is 204 g/mol. The lowest BCUT2D eigenvalue weighted by atomic mass is 9.87. The van der Waals surface area contributed by atoms with E-state index in [4.69, 9.17) is 15.2 Å². The number of nitrogens with zero attached hydrogens (tertiary/aromatic N) is 1. The Hall–Kier alpha value is -0.160. The summed E-state index contributed by atoms with van der Waals surface area (Å²) in [5.74, 6) is 0. The van der Waals surface area contributed by atoms with Gasteiger partial charge in [-0.25, -0.2) is 0 Å². The van der Waals surface area contributed by atoms with Crippen LogP contribution in [0.15, 0.2) is 0 Å². The van der Waals surface area contributed by atoms with E-state index in [0.717, 1.165) is 26.1 Å². The van der Waals surface area contributed by atoms with Crippen LogP contribution in [-0.4, -0.2) is 56.0 Å². The maximum atomic E-state index is 6.01. The first-order valence-electron chi connectivity index (χ1n) is 6.32. The summed E-state index contributed by atoms with van der Waals surface area (Å²) in [4.78, 5) is 2.50. The van der Waals surface area contributed by atoms with Crippen molar-refractivity contribution in [1.29, 1.82) is 0 Å². The van der Waals surface area contributed by atoms with Crippen LogP contribution >= 0.6 is 0 Å². The first-order chi connectivity index (χ1) is 7.73. The molecule has 0 saturated carbocycles. The zero-order chi connectivity index (χ0) is 11.6. The van der Waals surface area contributed by atoms with Gasteiger partial charge in [0.2, 0.25) is 0 Å². The molecule has 0 spiro atoms. The van der Waals surface area contributed by atoms with Crippen LogP contribution in [0.3, 0.4) is 0 Å². The van der Waals surface area contributed by atoms with Gasteiger partial charge >= 0.3 is 0 Å². The molecule has 3 atom stereocenters. The number of ether oxygens (including phenoxy) is 2. The Morgan fingerprint density at radius 1 is 1.56 bits per heavy atom. The van der Waals surface area contributed by atoms with Gasteiger partial charge < -0.3 is 15.2 Å². The van der Waals surface area contributed by atoms with Crippen molar-refractivity contribution in [3.8, 4) is 0 Å². The lowest BCUT2D eigenvalue weighted by molar-refractivity contribution is -0.0423. The molecule has 2 heterocycles. The number of nitrogens with two attached hydrogens (primary N) is 1. The van der Waals surface area contributed by atoms with E-state index in [1.165, 1.54) is 12.8 Å². The molecule has 0 aromatic rings. The van der Waals surface area contributed by atoms with E-state index in [-0.39, 0.29) is 11.6 Å². The highest BCUT2D eigenvalue weighted by Crippen LogP contribution is 2.33. The lowest BCUT2D eigenvalue weighted by Crippen LogP contribution is -2.61. The molecule has 2 aliphatic rings. The Morgan fingerprint density at radius 2 is 2.38 bits per heavy atom. The fourth-order valence-electron chi connectivity index (χ4n) is 3.12. The Kier molecular flexibility index (Phi) is 3.85. The smallest absolute Gasteiger partial charge is 0.0743 e. The third-order valence-corrected chi connectivity index (χ3v) is 4.35. The number of hydrogen-bond donors (Lipinski definition) is 1. The third kappa shape index (κ3) is 1.99. The number of rotatable bonds is 3. The molecule has 0 aromatic heterocycles. The van der Waals surface area contributed by atoms with E-state index in [9.17, 15) is 0 Å². The van der Waals surface area contributed by atoms with Crippen molar-refractivity contribution < 1.29 is 9.47 Å². The van der Waals surface area contributed by atoms with Crippen molar-refractivity contribution in [2.24, 2.45) is 5.73 Å². The standard InChI is InChI=1S/C12H24N2O2/c1-10-12(9-13,5-7-16-10)14-6-3-4-11(8-14)15-2/h10-11H,3-9,13H2,1-2H3. The number of likely N-dealkylation sites (tertiary alicyclic amines) is 1. The molecule has 0 amide bonds. The maximum Gasteiger partial charge on any atom is 0.0743 e. The molecule has 2 rings (SSSR count). The second kappa shape index (κ2) is 5.00. The Bertz CT molecular complexity index is 237. The Morgan fingerprint density at radius 3 is 2.94 bits per heavy atom. The van der Waals surface area contributed by atoms with E-state index in [2.05, 4.69) is 11.8 Å². The summed E-state index contributed by atoms with van der Waals surface area (Å²) < 4.78 is 11.2. The summed E-state index contributed by atoms with van der Waals surface area (Å²) in [6, 6.07) is 0. The molecule has 2 N–H and O–H groups in total. The Labute approximate surface area is 98.1 Å². The third-order valence-electron chi connectivity index (χ3n) is 4.35. The fourth-order valence-corrected chi connectivity index (χ4v) is 3.12. The van der Waals surface area contributed by atoms with E-state index in [1.54, 1.807) is 7.11 Å². The lowest BCUT2D eigenvalue weighted by Gasteiger charge is -2.46.